The van der Waals surface area contributed by atoms with Crippen LogP contribution in [0.1, 0.15) is 42.9 Å². The summed E-state index contributed by atoms with van der Waals surface area (Å²) in [5.41, 5.74) is 2.18. The molecule has 4 nitrogen and oxygen atoms in total. The zero-order chi connectivity index (χ0) is 14.4. The molecule has 0 spiro atoms. The van der Waals surface area contributed by atoms with Gasteiger partial charge < -0.3 is 9.84 Å². The SMILES string of the molecule is COCc1cccc(C(CC(=O)O)N2CCCCC2)c1. The predicted octanol–water partition coefficient (Wildman–Crippen LogP) is 2.83. The van der Waals surface area contributed by atoms with Gasteiger partial charge in [0.15, 0.2) is 0 Å². The maximum atomic E-state index is 11.2. The molecule has 1 saturated heterocycles. The van der Waals surface area contributed by atoms with Gasteiger partial charge in [-0.2, -0.15) is 0 Å². The topological polar surface area (TPSA) is 49.8 Å². The summed E-state index contributed by atoms with van der Waals surface area (Å²) in [5.74, 6) is -0.738. The molecule has 20 heavy (non-hydrogen) atoms. The molecule has 110 valence electrons. The average Bonchev–Trinajstić information content (AvgIpc) is 2.46. The van der Waals surface area contributed by atoms with E-state index in [9.17, 15) is 9.90 Å². The lowest BCUT2D eigenvalue weighted by Gasteiger charge is -2.34. The van der Waals surface area contributed by atoms with E-state index in [0.29, 0.717) is 6.61 Å². The van der Waals surface area contributed by atoms with Gasteiger partial charge in [0, 0.05) is 13.2 Å². The normalized spacial score (nSPS) is 17.9. The highest BCUT2D eigenvalue weighted by Gasteiger charge is 2.24. The van der Waals surface area contributed by atoms with Gasteiger partial charge in [-0.15, -0.1) is 0 Å². The van der Waals surface area contributed by atoms with Gasteiger partial charge >= 0.3 is 5.97 Å². The molecule has 1 fully saturated rings. The number of hydrogen-bond acceptors (Lipinski definition) is 3. The number of methoxy groups -OCH3 is 1. The van der Waals surface area contributed by atoms with Gasteiger partial charge in [-0.3, -0.25) is 9.69 Å². The fourth-order valence-corrected chi connectivity index (χ4v) is 2.91. The Hall–Kier alpha value is -1.39. The minimum Gasteiger partial charge on any atom is -0.481 e. The first kappa shape index (κ1) is 15.0. The van der Waals surface area contributed by atoms with Crippen molar-refractivity contribution in [1.29, 1.82) is 0 Å². The number of hydrogen-bond donors (Lipinski definition) is 1. The minimum atomic E-state index is -0.738. The van der Waals surface area contributed by atoms with Crippen molar-refractivity contribution < 1.29 is 14.6 Å². The largest absolute Gasteiger partial charge is 0.481 e. The molecule has 0 radical (unpaired) electrons. The van der Waals surface area contributed by atoms with Crippen LogP contribution in [-0.2, 0) is 16.1 Å². The summed E-state index contributed by atoms with van der Waals surface area (Å²) in [5, 5.41) is 9.20. The van der Waals surface area contributed by atoms with Crippen molar-refractivity contribution in [2.45, 2.75) is 38.3 Å². The van der Waals surface area contributed by atoms with E-state index in [1.165, 1.54) is 6.42 Å². The molecule has 1 heterocycles. The standard InChI is InChI=1S/C16H23NO3/c1-20-12-13-6-5-7-14(10-13)15(11-16(18)19)17-8-3-2-4-9-17/h5-7,10,15H,2-4,8-9,11-12H2,1H3,(H,18,19). The molecule has 0 amide bonds. The van der Waals surface area contributed by atoms with Crippen LogP contribution in [0.3, 0.4) is 0 Å². The van der Waals surface area contributed by atoms with E-state index in [2.05, 4.69) is 11.0 Å². The van der Waals surface area contributed by atoms with Gasteiger partial charge in [0.2, 0.25) is 0 Å². The number of rotatable bonds is 6. The lowest BCUT2D eigenvalue weighted by Crippen LogP contribution is -2.35. The fourth-order valence-electron chi connectivity index (χ4n) is 2.91. The van der Waals surface area contributed by atoms with Crippen LogP contribution in [0.4, 0.5) is 0 Å². The second-order valence-electron chi connectivity index (χ2n) is 5.39. The summed E-state index contributed by atoms with van der Waals surface area (Å²) in [6.45, 7) is 2.55. The third kappa shape index (κ3) is 4.05. The third-order valence-corrected chi connectivity index (χ3v) is 3.85. The highest BCUT2D eigenvalue weighted by Crippen LogP contribution is 2.28. The average molecular weight is 277 g/mol. The van der Waals surface area contributed by atoms with Gasteiger partial charge in [0.05, 0.1) is 13.0 Å². The van der Waals surface area contributed by atoms with E-state index in [4.69, 9.17) is 4.74 Å². The highest BCUT2D eigenvalue weighted by molar-refractivity contribution is 5.68. The Morgan fingerprint density at radius 3 is 2.75 bits per heavy atom. The molecular weight excluding hydrogens is 254 g/mol. The maximum Gasteiger partial charge on any atom is 0.305 e. The van der Waals surface area contributed by atoms with Crippen LogP contribution in [0, 0.1) is 0 Å². The molecule has 1 aromatic carbocycles. The van der Waals surface area contributed by atoms with Crippen molar-refractivity contribution in [3.05, 3.63) is 35.4 Å². The molecule has 1 aliphatic heterocycles. The summed E-state index contributed by atoms with van der Waals surface area (Å²) in [6.07, 6.45) is 3.73. The Morgan fingerprint density at radius 2 is 2.10 bits per heavy atom. The molecule has 1 aliphatic rings. The summed E-state index contributed by atoms with van der Waals surface area (Å²) in [7, 11) is 1.67. The summed E-state index contributed by atoms with van der Waals surface area (Å²) < 4.78 is 5.16. The van der Waals surface area contributed by atoms with Gasteiger partial charge in [-0.05, 0) is 37.1 Å². The monoisotopic (exact) mass is 277 g/mol. The van der Waals surface area contributed by atoms with Gasteiger partial charge in [-0.1, -0.05) is 30.7 Å². The van der Waals surface area contributed by atoms with Crippen molar-refractivity contribution in [3.63, 3.8) is 0 Å². The van der Waals surface area contributed by atoms with E-state index >= 15 is 0 Å². The fraction of sp³-hybridized carbons (Fsp3) is 0.562. The van der Waals surface area contributed by atoms with E-state index in [0.717, 1.165) is 37.1 Å². The quantitative estimate of drug-likeness (QED) is 0.868. The number of carboxylic acids is 1. The number of ether oxygens (including phenoxy) is 1. The summed E-state index contributed by atoms with van der Waals surface area (Å²) in [6, 6.07) is 8.08. The minimum absolute atomic E-state index is 0.0235. The number of nitrogens with zero attached hydrogens (tertiary/aromatic N) is 1. The van der Waals surface area contributed by atoms with Crippen LogP contribution in [0.5, 0.6) is 0 Å². The van der Waals surface area contributed by atoms with Crippen molar-refractivity contribution >= 4 is 5.97 Å². The first-order chi connectivity index (χ1) is 9.70. The van der Waals surface area contributed by atoms with Crippen molar-refractivity contribution in [1.82, 2.24) is 4.90 Å². The van der Waals surface area contributed by atoms with Crippen molar-refractivity contribution in [2.75, 3.05) is 20.2 Å². The van der Waals surface area contributed by atoms with Gasteiger partial charge in [0.1, 0.15) is 0 Å². The Labute approximate surface area is 120 Å². The van der Waals surface area contributed by atoms with E-state index in [1.807, 2.05) is 18.2 Å². The summed E-state index contributed by atoms with van der Waals surface area (Å²) >= 11 is 0. The highest BCUT2D eigenvalue weighted by atomic mass is 16.5. The predicted molar refractivity (Wildman–Crippen MR) is 77.6 cm³/mol. The molecule has 0 aromatic heterocycles. The van der Waals surface area contributed by atoms with E-state index in [-0.39, 0.29) is 12.5 Å². The van der Waals surface area contributed by atoms with Crippen LogP contribution in [0.15, 0.2) is 24.3 Å². The van der Waals surface area contributed by atoms with E-state index in [1.54, 1.807) is 7.11 Å². The zero-order valence-electron chi connectivity index (χ0n) is 12.0. The first-order valence-corrected chi connectivity index (χ1v) is 7.24. The number of piperidine rings is 1. The molecule has 0 bridgehead atoms. The smallest absolute Gasteiger partial charge is 0.305 e. The molecule has 0 aliphatic carbocycles. The lowest BCUT2D eigenvalue weighted by molar-refractivity contribution is -0.138. The lowest BCUT2D eigenvalue weighted by atomic mass is 9.97. The summed E-state index contributed by atoms with van der Waals surface area (Å²) in [4.78, 5) is 13.5. The number of carbonyl (C=O) groups is 1. The Kier molecular flexibility index (Phi) is 5.56. The van der Waals surface area contributed by atoms with Gasteiger partial charge in [0.25, 0.3) is 0 Å². The molecule has 1 atom stereocenters. The van der Waals surface area contributed by atoms with Crippen LogP contribution >= 0.6 is 0 Å². The van der Waals surface area contributed by atoms with Crippen LogP contribution < -0.4 is 0 Å². The number of aliphatic carboxylic acids is 1. The second kappa shape index (κ2) is 7.41. The Morgan fingerprint density at radius 1 is 1.35 bits per heavy atom. The molecule has 0 saturated carbocycles. The number of likely N-dealkylation sites (tertiary alicyclic amines) is 1. The van der Waals surface area contributed by atoms with E-state index < -0.39 is 5.97 Å². The second-order valence-corrected chi connectivity index (χ2v) is 5.39. The van der Waals surface area contributed by atoms with Crippen LogP contribution in [0.25, 0.3) is 0 Å². The van der Waals surface area contributed by atoms with Gasteiger partial charge in [-0.25, -0.2) is 0 Å². The molecular formula is C16H23NO3. The maximum absolute atomic E-state index is 11.2. The first-order valence-electron chi connectivity index (χ1n) is 7.24. The molecule has 1 unspecified atom stereocenters. The molecule has 1 aromatic rings. The van der Waals surface area contributed by atoms with Crippen LogP contribution in [0.2, 0.25) is 0 Å². The molecule has 2 rings (SSSR count). The molecule has 1 N–H and O–H groups in total. The van der Waals surface area contributed by atoms with Crippen LogP contribution in [-0.4, -0.2) is 36.2 Å². The van der Waals surface area contributed by atoms with Crippen molar-refractivity contribution in [3.8, 4) is 0 Å². The van der Waals surface area contributed by atoms with Crippen molar-refractivity contribution in [2.24, 2.45) is 0 Å². The Balaban J connectivity index is 2.20. The third-order valence-electron chi connectivity index (χ3n) is 3.85. The zero-order valence-corrected chi connectivity index (χ0v) is 12.0. The number of carboxylic acid groups (broad SMARTS) is 1. The Bertz CT molecular complexity index is 441. The molecule has 4 heteroatoms. The number of benzene rings is 1.